The van der Waals surface area contributed by atoms with Crippen molar-refractivity contribution in [2.24, 2.45) is 5.41 Å². The summed E-state index contributed by atoms with van der Waals surface area (Å²) in [6.45, 7) is 6.95. The average Bonchev–Trinajstić information content (AvgIpc) is 3.09. The molecule has 94 valence electrons. The van der Waals surface area contributed by atoms with Crippen LogP contribution in [0.5, 0.6) is 0 Å². The number of benzene rings is 2. The van der Waals surface area contributed by atoms with E-state index < -0.39 is 0 Å². The van der Waals surface area contributed by atoms with Crippen LogP contribution in [0.1, 0.15) is 31.9 Å². The molecule has 2 aromatic carbocycles. The van der Waals surface area contributed by atoms with Gasteiger partial charge in [0.25, 0.3) is 0 Å². The van der Waals surface area contributed by atoms with Gasteiger partial charge >= 0.3 is 0 Å². The van der Waals surface area contributed by atoms with Gasteiger partial charge in [0.15, 0.2) is 0 Å². The lowest BCUT2D eigenvalue weighted by Crippen LogP contribution is -2.17. The summed E-state index contributed by atoms with van der Waals surface area (Å²) >= 11 is 0. The van der Waals surface area contributed by atoms with Crippen LogP contribution in [0, 0.1) is 5.41 Å². The Labute approximate surface area is 114 Å². The Kier molecular flexibility index (Phi) is 1.86. The molecule has 0 bridgehead atoms. The number of hydrogen-bond acceptors (Lipinski definition) is 0. The first-order chi connectivity index (χ1) is 9.05. The van der Waals surface area contributed by atoms with Crippen molar-refractivity contribution in [2.75, 3.05) is 0 Å². The molecule has 2 aliphatic carbocycles. The van der Waals surface area contributed by atoms with Gasteiger partial charge in [0.2, 0.25) is 0 Å². The molecule has 0 N–H and O–H groups in total. The molecule has 0 nitrogen and oxygen atoms in total. The van der Waals surface area contributed by atoms with Gasteiger partial charge in [-0.3, -0.25) is 0 Å². The second-order valence-electron chi connectivity index (χ2n) is 6.71. The van der Waals surface area contributed by atoms with E-state index in [2.05, 4.69) is 75.4 Å². The van der Waals surface area contributed by atoms with Crippen LogP contribution in [0.2, 0.25) is 0 Å². The first kappa shape index (κ1) is 11.0. The van der Waals surface area contributed by atoms with Crippen molar-refractivity contribution in [3.63, 3.8) is 0 Å². The van der Waals surface area contributed by atoms with E-state index in [1.807, 2.05) is 0 Å². The van der Waals surface area contributed by atoms with E-state index in [0.717, 1.165) is 0 Å². The predicted octanol–water partition coefficient (Wildman–Crippen LogP) is 4.94. The Hall–Kier alpha value is -1.82. The molecule has 19 heavy (non-hydrogen) atoms. The van der Waals surface area contributed by atoms with E-state index in [-0.39, 0.29) is 10.8 Å². The maximum absolute atomic E-state index is 2.47. The van der Waals surface area contributed by atoms with Crippen molar-refractivity contribution < 1.29 is 0 Å². The van der Waals surface area contributed by atoms with E-state index >= 15 is 0 Å². The minimum atomic E-state index is 0.103. The first-order valence-corrected chi connectivity index (χ1v) is 6.98. The summed E-state index contributed by atoms with van der Waals surface area (Å²) in [5.74, 6) is 0. The number of allylic oxidation sites excluding steroid dienone is 2. The van der Waals surface area contributed by atoms with Crippen molar-refractivity contribution in [3.05, 3.63) is 71.3 Å². The van der Waals surface area contributed by atoms with E-state index in [1.165, 1.54) is 22.3 Å². The fourth-order valence-corrected chi connectivity index (χ4v) is 3.70. The molecule has 0 fully saturated rings. The van der Waals surface area contributed by atoms with E-state index in [1.54, 1.807) is 5.57 Å². The third-order valence-electron chi connectivity index (χ3n) is 4.50. The average molecular weight is 246 g/mol. The summed E-state index contributed by atoms with van der Waals surface area (Å²) < 4.78 is 0. The number of fused-ring (bicyclic) bond motifs is 5. The van der Waals surface area contributed by atoms with Gasteiger partial charge in [0, 0.05) is 0 Å². The summed E-state index contributed by atoms with van der Waals surface area (Å²) in [6.07, 6.45) is 2.47. The lowest BCUT2D eigenvalue weighted by Gasteiger charge is -2.24. The second kappa shape index (κ2) is 3.19. The molecule has 0 heteroatoms. The van der Waals surface area contributed by atoms with Gasteiger partial charge in [-0.15, -0.1) is 0 Å². The third-order valence-corrected chi connectivity index (χ3v) is 4.50. The molecule has 1 spiro atoms. The van der Waals surface area contributed by atoms with Crippen LogP contribution in [0.15, 0.2) is 60.2 Å². The molecule has 0 aromatic heterocycles. The zero-order valence-electron chi connectivity index (χ0n) is 11.7. The summed E-state index contributed by atoms with van der Waals surface area (Å²) in [5, 5.41) is 0. The summed E-state index contributed by atoms with van der Waals surface area (Å²) in [6, 6.07) is 17.7. The van der Waals surface area contributed by atoms with E-state index in [0.29, 0.717) is 0 Å². The molecule has 0 radical (unpaired) electrons. The zero-order valence-corrected chi connectivity index (χ0v) is 11.7. The molecular weight excluding hydrogens is 228 g/mol. The van der Waals surface area contributed by atoms with E-state index in [4.69, 9.17) is 0 Å². The molecule has 0 amide bonds. The number of hydrogen-bond donors (Lipinski definition) is 0. The molecular formula is C19H18. The molecule has 2 aromatic rings. The molecule has 2 aliphatic rings. The summed E-state index contributed by atoms with van der Waals surface area (Å²) in [5.41, 5.74) is 7.68. The van der Waals surface area contributed by atoms with Crippen LogP contribution < -0.4 is 0 Å². The van der Waals surface area contributed by atoms with Gasteiger partial charge < -0.3 is 0 Å². The Morgan fingerprint density at radius 2 is 1.21 bits per heavy atom. The fraction of sp³-hybridized carbons (Fsp3) is 0.263. The van der Waals surface area contributed by atoms with Crippen LogP contribution in [-0.2, 0) is 5.41 Å². The summed E-state index contributed by atoms with van der Waals surface area (Å²) in [7, 11) is 0. The van der Waals surface area contributed by atoms with Crippen LogP contribution in [0.3, 0.4) is 0 Å². The topological polar surface area (TPSA) is 0 Å². The number of rotatable bonds is 0. The van der Waals surface area contributed by atoms with Crippen LogP contribution in [-0.4, -0.2) is 0 Å². The Balaban J connectivity index is 2.00. The van der Waals surface area contributed by atoms with Gasteiger partial charge in [-0.05, 0) is 33.2 Å². The Morgan fingerprint density at radius 1 is 0.737 bits per heavy atom. The van der Waals surface area contributed by atoms with Gasteiger partial charge in [-0.25, -0.2) is 0 Å². The Morgan fingerprint density at radius 3 is 1.63 bits per heavy atom. The molecule has 0 unspecified atom stereocenters. The minimum Gasteiger partial charge on any atom is -0.0642 e. The lowest BCUT2D eigenvalue weighted by molar-refractivity contribution is 0.496. The van der Waals surface area contributed by atoms with Crippen LogP contribution >= 0.6 is 0 Å². The standard InChI is InChI=1S/C19H18/c1-18(2,3)17-12-19(17)15-10-6-4-8-13(15)14-9-5-7-11-16(14)19/h4-12H,1-3H3. The Bertz CT molecular complexity index is 665. The maximum atomic E-state index is 2.47. The molecule has 0 saturated carbocycles. The van der Waals surface area contributed by atoms with Gasteiger partial charge in [0.05, 0.1) is 5.41 Å². The normalized spacial score (nSPS) is 17.9. The molecule has 0 atom stereocenters. The lowest BCUT2D eigenvalue weighted by atomic mass is 9.79. The van der Waals surface area contributed by atoms with Crippen molar-refractivity contribution in [1.82, 2.24) is 0 Å². The molecule has 4 rings (SSSR count). The third kappa shape index (κ3) is 1.24. The second-order valence-corrected chi connectivity index (χ2v) is 6.71. The van der Waals surface area contributed by atoms with Crippen molar-refractivity contribution >= 4 is 0 Å². The zero-order chi connectivity index (χ0) is 13.3. The molecule has 0 aliphatic heterocycles. The SMILES string of the molecule is CC(C)(C)C1=CC12c1ccccc1-c1ccccc12. The highest BCUT2D eigenvalue weighted by atomic mass is 14.6. The van der Waals surface area contributed by atoms with Gasteiger partial charge in [0.1, 0.15) is 0 Å². The van der Waals surface area contributed by atoms with Crippen LogP contribution in [0.4, 0.5) is 0 Å². The highest BCUT2D eigenvalue weighted by Crippen LogP contribution is 2.65. The summed E-state index contributed by atoms with van der Waals surface area (Å²) in [4.78, 5) is 0. The van der Waals surface area contributed by atoms with Crippen LogP contribution in [0.25, 0.3) is 11.1 Å². The first-order valence-electron chi connectivity index (χ1n) is 6.98. The smallest absolute Gasteiger partial charge is 0.0613 e. The van der Waals surface area contributed by atoms with Crippen molar-refractivity contribution in [2.45, 2.75) is 26.2 Å². The fourth-order valence-electron chi connectivity index (χ4n) is 3.70. The molecule has 0 saturated heterocycles. The maximum Gasteiger partial charge on any atom is 0.0613 e. The largest absolute Gasteiger partial charge is 0.0642 e. The molecule has 0 heterocycles. The monoisotopic (exact) mass is 246 g/mol. The quantitative estimate of drug-likeness (QED) is 0.578. The highest BCUT2D eigenvalue weighted by molar-refractivity contribution is 5.88. The van der Waals surface area contributed by atoms with Gasteiger partial charge in [-0.1, -0.05) is 75.4 Å². The van der Waals surface area contributed by atoms with E-state index in [9.17, 15) is 0 Å². The minimum absolute atomic E-state index is 0.103. The predicted molar refractivity (Wildman–Crippen MR) is 80.2 cm³/mol. The van der Waals surface area contributed by atoms with Crippen molar-refractivity contribution in [3.8, 4) is 11.1 Å². The van der Waals surface area contributed by atoms with Crippen molar-refractivity contribution in [1.29, 1.82) is 0 Å². The van der Waals surface area contributed by atoms with Gasteiger partial charge in [-0.2, -0.15) is 0 Å². The highest BCUT2D eigenvalue weighted by Gasteiger charge is 2.55.